The summed E-state index contributed by atoms with van der Waals surface area (Å²) in [5, 5.41) is 1.23. The Kier molecular flexibility index (Phi) is 6.35. The van der Waals surface area contributed by atoms with Crippen LogP contribution in [-0.4, -0.2) is 26.4 Å². The Labute approximate surface area is 143 Å². The molecule has 0 fully saturated rings. The zero-order valence-electron chi connectivity index (χ0n) is 13.6. The highest BCUT2D eigenvalue weighted by Gasteiger charge is 2.14. The van der Waals surface area contributed by atoms with Crippen molar-refractivity contribution in [1.29, 1.82) is 0 Å². The monoisotopic (exact) mass is 343 g/mol. The van der Waals surface area contributed by atoms with E-state index in [1.54, 1.807) is 19.2 Å². The van der Waals surface area contributed by atoms with Crippen LogP contribution in [0.25, 0.3) is 6.08 Å². The molecule has 0 saturated heterocycles. The summed E-state index contributed by atoms with van der Waals surface area (Å²) >= 11 is 0. The zero-order chi connectivity index (χ0) is 17.4. The van der Waals surface area contributed by atoms with Crippen molar-refractivity contribution in [3.05, 3.63) is 83.8 Å². The summed E-state index contributed by atoms with van der Waals surface area (Å²) in [6.45, 7) is 4.33. The molecule has 0 aliphatic rings. The number of hydrogen-bond acceptors (Lipinski definition) is 3. The van der Waals surface area contributed by atoms with Gasteiger partial charge in [0.25, 0.3) is 0 Å². The first-order chi connectivity index (χ1) is 11.5. The van der Waals surface area contributed by atoms with E-state index < -0.39 is 10.0 Å². The summed E-state index contributed by atoms with van der Waals surface area (Å²) in [6, 6.07) is 16.7. The lowest BCUT2D eigenvalue weighted by atomic mass is 10.2. The second-order valence-electron chi connectivity index (χ2n) is 5.26. The third kappa shape index (κ3) is 5.37. The highest BCUT2D eigenvalue weighted by molar-refractivity contribution is 7.92. The first kappa shape index (κ1) is 18.0. The maximum absolute atomic E-state index is 12.3. The summed E-state index contributed by atoms with van der Waals surface area (Å²) in [7, 11) is -1.91. The third-order valence-corrected chi connectivity index (χ3v) is 4.84. The molecule has 2 aromatic carbocycles. The van der Waals surface area contributed by atoms with Crippen LogP contribution in [0.15, 0.2) is 72.7 Å². The van der Waals surface area contributed by atoms with Crippen molar-refractivity contribution in [3.63, 3.8) is 0 Å². The molecule has 0 spiro atoms. The van der Waals surface area contributed by atoms with Gasteiger partial charge in [-0.15, -0.1) is 0 Å². The highest BCUT2D eigenvalue weighted by atomic mass is 32.2. The van der Waals surface area contributed by atoms with Crippen LogP contribution in [0.5, 0.6) is 5.75 Å². The van der Waals surface area contributed by atoms with E-state index in [1.807, 2.05) is 54.6 Å². The molecule has 4 nitrogen and oxygen atoms in total. The van der Waals surface area contributed by atoms with Crippen LogP contribution in [0.4, 0.5) is 0 Å². The van der Waals surface area contributed by atoms with Gasteiger partial charge in [-0.25, -0.2) is 8.42 Å². The fraction of sp³-hybridized carbons (Fsp3) is 0.158. The molecule has 2 aromatic rings. The Morgan fingerprint density at radius 2 is 1.75 bits per heavy atom. The minimum Gasteiger partial charge on any atom is -0.490 e. The second-order valence-corrected chi connectivity index (χ2v) is 7.18. The highest BCUT2D eigenvalue weighted by Crippen LogP contribution is 2.15. The minimum atomic E-state index is -3.47. The predicted molar refractivity (Wildman–Crippen MR) is 98.0 cm³/mol. The SMILES string of the molecule is C=CCOc1ccc(CN(C)S(=O)(=O)/C=C/c2ccccc2)cc1. The number of ether oxygens (including phenoxy) is 1. The minimum absolute atomic E-state index is 0.295. The molecule has 0 atom stereocenters. The third-order valence-electron chi connectivity index (χ3n) is 3.36. The van der Waals surface area contributed by atoms with Crippen molar-refractivity contribution in [1.82, 2.24) is 4.31 Å². The number of sulfonamides is 1. The van der Waals surface area contributed by atoms with Gasteiger partial charge in [-0.3, -0.25) is 0 Å². The van der Waals surface area contributed by atoms with Crippen LogP contribution in [0.3, 0.4) is 0 Å². The topological polar surface area (TPSA) is 46.6 Å². The lowest BCUT2D eigenvalue weighted by Crippen LogP contribution is -2.24. The Balaban J connectivity index is 2.01. The van der Waals surface area contributed by atoms with Crippen LogP contribution < -0.4 is 4.74 Å². The Morgan fingerprint density at radius 1 is 1.08 bits per heavy atom. The van der Waals surface area contributed by atoms with E-state index in [0.29, 0.717) is 13.2 Å². The number of hydrogen-bond donors (Lipinski definition) is 0. The largest absolute Gasteiger partial charge is 0.490 e. The molecule has 0 aliphatic carbocycles. The molecule has 0 bridgehead atoms. The molecule has 126 valence electrons. The Bertz CT molecular complexity index is 781. The van der Waals surface area contributed by atoms with Crippen molar-refractivity contribution in [3.8, 4) is 5.75 Å². The van der Waals surface area contributed by atoms with Crippen LogP contribution in [0.1, 0.15) is 11.1 Å². The van der Waals surface area contributed by atoms with Gasteiger partial charge in [0.2, 0.25) is 10.0 Å². The van der Waals surface area contributed by atoms with Gasteiger partial charge in [-0.1, -0.05) is 55.1 Å². The van der Waals surface area contributed by atoms with Crippen molar-refractivity contribution in [2.45, 2.75) is 6.54 Å². The molecule has 24 heavy (non-hydrogen) atoms. The molecular weight excluding hydrogens is 322 g/mol. The molecular formula is C19H21NO3S. The van der Waals surface area contributed by atoms with E-state index in [4.69, 9.17) is 4.74 Å². The molecule has 5 heteroatoms. The molecule has 0 aromatic heterocycles. The van der Waals surface area contributed by atoms with Gasteiger partial charge < -0.3 is 4.74 Å². The number of benzene rings is 2. The van der Waals surface area contributed by atoms with E-state index in [0.717, 1.165) is 16.9 Å². The zero-order valence-corrected chi connectivity index (χ0v) is 14.4. The van der Waals surface area contributed by atoms with Gasteiger partial charge in [0, 0.05) is 19.0 Å². The molecule has 0 N–H and O–H groups in total. The quantitative estimate of drug-likeness (QED) is 0.687. The molecule has 0 saturated carbocycles. The summed E-state index contributed by atoms with van der Waals surface area (Å²) in [6.07, 6.45) is 3.27. The van der Waals surface area contributed by atoms with Gasteiger partial charge >= 0.3 is 0 Å². The molecule has 0 radical (unpaired) electrons. The van der Waals surface area contributed by atoms with E-state index in [9.17, 15) is 8.42 Å². The molecule has 0 aliphatic heterocycles. The van der Waals surface area contributed by atoms with Crippen molar-refractivity contribution < 1.29 is 13.2 Å². The lowest BCUT2D eigenvalue weighted by Gasteiger charge is -2.15. The number of nitrogens with zero attached hydrogens (tertiary/aromatic N) is 1. The fourth-order valence-corrected chi connectivity index (χ4v) is 2.89. The van der Waals surface area contributed by atoms with Gasteiger partial charge in [0.15, 0.2) is 0 Å². The van der Waals surface area contributed by atoms with Crippen molar-refractivity contribution in [2.24, 2.45) is 0 Å². The molecule has 0 unspecified atom stereocenters. The Morgan fingerprint density at radius 3 is 2.38 bits per heavy atom. The normalized spacial score (nSPS) is 11.8. The van der Waals surface area contributed by atoms with Crippen LogP contribution in [0, 0.1) is 0 Å². The van der Waals surface area contributed by atoms with E-state index in [2.05, 4.69) is 6.58 Å². The first-order valence-corrected chi connectivity index (χ1v) is 9.04. The van der Waals surface area contributed by atoms with Crippen molar-refractivity contribution >= 4 is 16.1 Å². The molecule has 0 amide bonds. The van der Waals surface area contributed by atoms with Crippen LogP contribution in [0.2, 0.25) is 0 Å². The molecule has 2 rings (SSSR count). The summed E-state index contributed by atoms with van der Waals surface area (Å²) in [4.78, 5) is 0. The summed E-state index contributed by atoms with van der Waals surface area (Å²) in [5.41, 5.74) is 1.73. The number of rotatable bonds is 8. The maximum atomic E-state index is 12.3. The average Bonchev–Trinajstić information content (AvgIpc) is 2.60. The first-order valence-electron chi connectivity index (χ1n) is 7.53. The maximum Gasteiger partial charge on any atom is 0.236 e. The second kappa shape index (κ2) is 8.47. The van der Waals surface area contributed by atoms with Gasteiger partial charge in [-0.2, -0.15) is 4.31 Å². The van der Waals surface area contributed by atoms with Crippen LogP contribution in [-0.2, 0) is 16.6 Å². The van der Waals surface area contributed by atoms with Crippen molar-refractivity contribution in [2.75, 3.05) is 13.7 Å². The fourth-order valence-electron chi connectivity index (χ4n) is 2.03. The lowest BCUT2D eigenvalue weighted by molar-refractivity contribution is 0.363. The Hall–Kier alpha value is -2.37. The summed E-state index contributed by atoms with van der Waals surface area (Å²) < 4.78 is 31.4. The van der Waals surface area contributed by atoms with E-state index in [-0.39, 0.29) is 0 Å². The van der Waals surface area contributed by atoms with Crippen LogP contribution >= 0.6 is 0 Å². The van der Waals surface area contributed by atoms with E-state index in [1.165, 1.54) is 9.71 Å². The average molecular weight is 343 g/mol. The smallest absolute Gasteiger partial charge is 0.236 e. The standard InChI is InChI=1S/C19H21NO3S/c1-3-14-23-19-11-9-18(10-12-19)16-20(2)24(21,22)15-13-17-7-5-4-6-8-17/h3-13,15H,1,14,16H2,2H3/b15-13+. The van der Waals surface area contributed by atoms with Gasteiger partial charge in [-0.05, 0) is 29.3 Å². The van der Waals surface area contributed by atoms with E-state index >= 15 is 0 Å². The predicted octanol–water partition coefficient (Wildman–Crippen LogP) is 3.68. The van der Waals surface area contributed by atoms with Gasteiger partial charge in [0.05, 0.1) is 0 Å². The van der Waals surface area contributed by atoms with Gasteiger partial charge in [0.1, 0.15) is 12.4 Å². The summed E-state index contributed by atoms with van der Waals surface area (Å²) in [5.74, 6) is 0.730. The molecule has 0 heterocycles.